The lowest BCUT2D eigenvalue weighted by molar-refractivity contribution is 0.217. The van der Waals surface area contributed by atoms with Crippen molar-refractivity contribution in [2.24, 2.45) is 0 Å². The molecular weight excluding hydrogens is 208 g/mol. The molecule has 1 N–H and O–H groups in total. The van der Waals surface area contributed by atoms with Crippen molar-refractivity contribution in [2.45, 2.75) is 46.6 Å². The van der Waals surface area contributed by atoms with Crippen LogP contribution in [0.25, 0.3) is 0 Å². The normalized spacial score (nSPS) is 17.9. The third-order valence-electron chi connectivity index (χ3n) is 3.26. The van der Waals surface area contributed by atoms with Crippen LogP contribution in [0.2, 0.25) is 0 Å². The molecule has 1 aliphatic rings. The van der Waals surface area contributed by atoms with Gasteiger partial charge in [-0.25, -0.2) is 0 Å². The number of rotatable bonds is 5. The van der Waals surface area contributed by atoms with Crippen LogP contribution in [0.1, 0.15) is 40.5 Å². The number of hydrogen-bond donors (Lipinski definition) is 1. The highest BCUT2D eigenvalue weighted by Crippen LogP contribution is 2.10. The predicted molar refractivity (Wildman–Crippen MR) is 76.3 cm³/mol. The van der Waals surface area contributed by atoms with Crippen molar-refractivity contribution in [1.29, 1.82) is 0 Å². The Kier molecular flexibility index (Phi) is 6.53. The maximum absolute atomic E-state index is 3.62. The van der Waals surface area contributed by atoms with Crippen LogP contribution in [0.3, 0.4) is 0 Å². The first kappa shape index (κ1) is 14.5. The zero-order valence-corrected chi connectivity index (χ0v) is 11.9. The summed E-state index contributed by atoms with van der Waals surface area (Å²) in [4.78, 5) is 2.55. The SMILES string of the molecule is CC(C)=CCNC1CCN(CC=C(C)C)CC1. The van der Waals surface area contributed by atoms with Crippen LogP contribution in [-0.4, -0.2) is 37.1 Å². The van der Waals surface area contributed by atoms with Crippen LogP contribution >= 0.6 is 0 Å². The molecule has 0 aromatic rings. The quantitative estimate of drug-likeness (QED) is 0.738. The molecule has 0 radical (unpaired) electrons. The first-order valence-electron chi connectivity index (χ1n) is 6.80. The maximum Gasteiger partial charge on any atom is 0.0165 e. The minimum absolute atomic E-state index is 0.716. The van der Waals surface area contributed by atoms with E-state index in [0.29, 0.717) is 6.04 Å². The Morgan fingerprint density at radius 3 is 2.18 bits per heavy atom. The first-order chi connectivity index (χ1) is 8.08. The number of nitrogens with one attached hydrogen (secondary N) is 1. The van der Waals surface area contributed by atoms with Gasteiger partial charge in [0.25, 0.3) is 0 Å². The van der Waals surface area contributed by atoms with E-state index < -0.39 is 0 Å². The Morgan fingerprint density at radius 1 is 1.06 bits per heavy atom. The molecule has 1 fully saturated rings. The zero-order chi connectivity index (χ0) is 12.7. The summed E-state index contributed by atoms with van der Waals surface area (Å²) in [7, 11) is 0. The smallest absolute Gasteiger partial charge is 0.0165 e. The van der Waals surface area contributed by atoms with E-state index in [2.05, 4.69) is 50.1 Å². The van der Waals surface area contributed by atoms with Crippen molar-refractivity contribution < 1.29 is 0 Å². The summed E-state index contributed by atoms with van der Waals surface area (Å²) in [6.07, 6.45) is 7.17. The highest BCUT2D eigenvalue weighted by Gasteiger charge is 2.17. The molecule has 1 heterocycles. The van der Waals surface area contributed by atoms with Gasteiger partial charge in [-0.2, -0.15) is 0 Å². The molecule has 17 heavy (non-hydrogen) atoms. The molecule has 0 spiro atoms. The van der Waals surface area contributed by atoms with E-state index in [1.165, 1.54) is 37.1 Å². The summed E-state index contributed by atoms with van der Waals surface area (Å²) < 4.78 is 0. The first-order valence-corrected chi connectivity index (χ1v) is 6.80. The Labute approximate surface area is 107 Å². The molecule has 0 saturated carbocycles. The fourth-order valence-electron chi connectivity index (χ4n) is 2.06. The summed E-state index contributed by atoms with van der Waals surface area (Å²) >= 11 is 0. The van der Waals surface area contributed by atoms with E-state index in [4.69, 9.17) is 0 Å². The van der Waals surface area contributed by atoms with E-state index in [0.717, 1.165) is 13.1 Å². The second-order valence-electron chi connectivity index (χ2n) is 5.55. The molecule has 1 aliphatic heterocycles. The number of hydrogen-bond acceptors (Lipinski definition) is 2. The van der Waals surface area contributed by atoms with Gasteiger partial charge in [-0.15, -0.1) is 0 Å². The van der Waals surface area contributed by atoms with Crippen LogP contribution in [0, 0.1) is 0 Å². The van der Waals surface area contributed by atoms with Crippen LogP contribution in [-0.2, 0) is 0 Å². The van der Waals surface area contributed by atoms with E-state index in [1.807, 2.05) is 0 Å². The fourth-order valence-corrected chi connectivity index (χ4v) is 2.06. The average Bonchev–Trinajstić information content (AvgIpc) is 2.27. The highest BCUT2D eigenvalue weighted by atomic mass is 15.1. The molecule has 0 aliphatic carbocycles. The van der Waals surface area contributed by atoms with Crippen molar-refractivity contribution in [1.82, 2.24) is 10.2 Å². The fraction of sp³-hybridized carbons (Fsp3) is 0.733. The van der Waals surface area contributed by atoms with E-state index in [-0.39, 0.29) is 0 Å². The second-order valence-corrected chi connectivity index (χ2v) is 5.55. The molecule has 98 valence electrons. The summed E-state index contributed by atoms with van der Waals surface area (Å²) in [5.74, 6) is 0. The van der Waals surface area contributed by atoms with Gasteiger partial charge in [0.15, 0.2) is 0 Å². The van der Waals surface area contributed by atoms with Gasteiger partial charge in [0.2, 0.25) is 0 Å². The molecule has 0 aromatic heterocycles. The van der Waals surface area contributed by atoms with Gasteiger partial charge in [0.1, 0.15) is 0 Å². The van der Waals surface area contributed by atoms with E-state index in [9.17, 15) is 0 Å². The van der Waals surface area contributed by atoms with Gasteiger partial charge >= 0.3 is 0 Å². The molecule has 0 aromatic carbocycles. The summed E-state index contributed by atoms with van der Waals surface area (Å²) in [6, 6.07) is 0.716. The lowest BCUT2D eigenvalue weighted by Crippen LogP contribution is -2.42. The van der Waals surface area contributed by atoms with Crippen LogP contribution in [0.5, 0.6) is 0 Å². The van der Waals surface area contributed by atoms with Crippen molar-refractivity contribution in [3.8, 4) is 0 Å². The van der Waals surface area contributed by atoms with Crippen molar-refractivity contribution in [2.75, 3.05) is 26.2 Å². The summed E-state index contributed by atoms with van der Waals surface area (Å²) in [6.45, 7) is 13.3. The van der Waals surface area contributed by atoms with Crippen molar-refractivity contribution in [3.63, 3.8) is 0 Å². The van der Waals surface area contributed by atoms with Crippen molar-refractivity contribution in [3.05, 3.63) is 23.3 Å². The predicted octanol–water partition coefficient (Wildman–Crippen LogP) is 2.97. The Hall–Kier alpha value is -0.600. The van der Waals surface area contributed by atoms with Crippen LogP contribution in [0.4, 0.5) is 0 Å². The van der Waals surface area contributed by atoms with E-state index in [1.54, 1.807) is 0 Å². The number of piperidine rings is 1. The lowest BCUT2D eigenvalue weighted by Gasteiger charge is -2.31. The largest absolute Gasteiger partial charge is 0.310 e. The topological polar surface area (TPSA) is 15.3 Å². The van der Waals surface area contributed by atoms with Crippen molar-refractivity contribution >= 4 is 0 Å². The molecule has 1 rings (SSSR count). The Balaban J connectivity index is 2.17. The second kappa shape index (κ2) is 7.67. The Bertz CT molecular complexity index is 263. The third-order valence-corrected chi connectivity index (χ3v) is 3.26. The Morgan fingerprint density at radius 2 is 1.65 bits per heavy atom. The van der Waals surface area contributed by atoms with Crippen LogP contribution in [0.15, 0.2) is 23.3 Å². The molecule has 2 nitrogen and oxygen atoms in total. The molecule has 0 amide bonds. The molecule has 0 unspecified atom stereocenters. The average molecular weight is 236 g/mol. The number of allylic oxidation sites excluding steroid dienone is 2. The number of likely N-dealkylation sites (tertiary alicyclic amines) is 1. The van der Waals surface area contributed by atoms with Gasteiger partial charge in [0.05, 0.1) is 0 Å². The van der Waals surface area contributed by atoms with Gasteiger partial charge in [-0.05, 0) is 53.6 Å². The lowest BCUT2D eigenvalue weighted by atomic mass is 10.0. The monoisotopic (exact) mass is 236 g/mol. The van der Waals surface area contributed by atoms with Crippen LogP contribution < -0.4 is 5.32 Å². The molecular formula is C15H28N2. The summed E-state index contributed by atoms with van der Waals surface area (Å²) in [5.41, 5.74) is 2.83. The maximum atomic E-state index is 3.62. The standard InChI is InChI=1S/C15H28N2/c1-13(2)5-9-16-15-7-11-17(12-8-15)10-6-14(3)4/h5-6,15-16H,7-12H2,1-4H3. The van der Waals surface area contributed by atoms with Gasteiger partial charge < -0.3 is 5.32 Å². The third kappa shape index (κ3) is 6.64. The number of nitrogens with zero attached hydrogens (tertiary/aromatic N) is 1. The van der Waals surface area contributed by atoms with Gasteiger partial charge in [-0.3, -0.25) is 4.90 Å². The van der Waals surface area contributed by atoms with Gasteiger partial charge in [-0.1, -0.05) is 23.3 Å². The zero-order valence-electron chi connectivity index (χ0n) is 11.9. The molecule has 2 heteroatoms. The minimum Gasteiger partial charge on any atom is -0.310 e. The molecule has 0 atom stereocenters. The highest BCUT2D eigenvalue weighted by molar-refractivity contribution is 4.97. The molecule has 1 saturated heterocycles. The summed E-state index contributed by atoms with van der Waals surface area (Å²) in [5, 5.41) is 3.62. The van der Waals surface area contributed by atoms with E-state index >= 15 is 0 Å². The molecule has 0 bridgehead atoms. The minimum atomic E-state index is 0.716. The van der Waals surface area contributed by atoms with Gasteiger partial charge in [0, 0.05) is 19.1 Å².